The fourth-order valence-corrected chi connectivity index (χ4v) is 1.44. The Balaban J connectivity index is 1.94. The van der Waals surface area contributed by atoms with Crippen molar-refractivity contribution in [1.82, 2.24) is 10.2 Å². The molecule has 4 nitrogen and oxygen atoms in total. The second-order valence-corrected chi connectivity index (χ2v) is 3.62. The molecule has 0 unspecified atom stereocenters. The number of hydrogen-bond acceptors (Lipinski definition) is 4. The molecule has 1 aromatic carbocycles. The molecular formula is C12H15N3O. The van der Waals surface area contributed by atoms with Crippen LogP contribution in [0.25, 0.3) is 0 Å². The highest BCUT2D eigenvalue weighted by molar-refractivity contribution is 5.44. The number of aromatic nitrogens is 2. The molecule has 0 saturated heterocycles. The van der Waals surface area contributed by atoms with Crippen LogP contribution in [0.2, 0.25) is 0 Å². The molecule has 1 N–H and O–H groups in total. The van der Waals surface area contributed by atoms with Gasteiger partial charge in [0.1, 0.15) is 0 Å². The average Bonchev–Trinajstić information content (AvgIpc) is 2.73. The second-order valence-electron chi connectivity index (χ2n) is 3.62. The van der Waals surface area contributed by atoms with Crippen molar-refractivity contribution in [3.05, 3.63) is 41.6 Å². The Morgan fingerprint density at radius 3 is 2.50 bits per heavy atom. The summed E-state index contributed by atoms with van der Waals surface area (Å²) in [7, 11) is 0. The highest BCUT2D eigenvalue weighted by Gasteiger charge is 2.01. The minimum Gasteiger partial charge on any atom is -0.424 e. The molecule has 84 valence electrons. The van der Waals surface area contributed by atoms with E-state index in [0.29, 0.717) is 18.3 Å². The van der Waals surface area contributed by atoms with Gasteiger partial charge in [-0.1, -0.05) is 19.1 Å². The van der Waals surface area contributed by atoms with Gasteiger partial charge in [0, 0.05) is 12.6 Å². The molecule has 0 bridgehead atoms. The average molecular weight is 217 g/mol. The van der Waals surface area contributed by atoms with Crippen LogP contribution in [0.5, 0.6) is 0 Å². The van der Waals surface area contributed by atoms with Crippen molar-refractivity contribution in [3.63, 3.8) is 0 Å². The zero-order chi connectivity index (χ0) is 11.4. The Bertz CT molecular complexity index is 448. The van der Waals surface area contributed by atoms with Gasteiger partial charge in [-0.25, -0.2) is 0 Å². The minimum absolute atomic E-state index is 0.562. The molecule has 0 spiro atoms. The van der Waals surface area contributed by atoms with Gasteiger partial charge in [0.25, 0.3) is 0 Å². The molecule has 0 aliphatic rings. The van der Waals surface area contributed by atoms with Gasteiger partial charge in [0.05, 0.1) is 6.54 Å². The summed E-state index contributed by atoms with van der Waals surface area (Å²) < 4.78 is 5.27. The fraction of sp³-hybridized carbons (Fsp3) is 0.333. The molecule has 2 aromatic rings. The van der Waals surface area contributed by atoms with E-state index in [9.17, 15) is 0 Å². The Kier molecular flexibility index (Phi) is 3.19. The number of nitrogens with zero attached hydrogens (tertiary/aromatic N) is 2. The molecular weight excluding hydrogens is 202 g/mol. The van der Waals surface area contributed by atoms with Crippen molar-refractivity contribution in [3.8, 4) is 0 Å². The van der Waals surface area contributed by atoms with E-state index in [1.807, 2.05) is 0 Å². The third-order valence-electron chi connectivity index (χ3n) is 2.37. The van der Waals surface area contributed by atoms with Crippen molar-refractivity contribution >= 4 is 5.69 Å². The van der Waals surface area contributed by atoms with Crippen LogP contribution < -0.4 is 5.32 Å². The fourth-order valence-electron chi connectivity index (χ4n) is 1.44. The third-order valence-corrected chi connectivity index (χ3v) is 2.37. The highest BCUT2D eigenvalue weighted by atomic mass is 16.4. The lowest BCUT2D eigenvalue weighted by Crippen LogP contribution is -1.99. The van der Waals surface area contributed by atoms with Crippen molar-refractivity contribution < 1.29 is 4.42 Å². The standard InChI is InChI=1S/C12H15N3O/c1-3-10-4-6-11(7-5-10)13-8-12-15-14-9(2)16-12/h4-7,13H,3,8H2,1-2H3. The number of nitrogens with one attached hydrogen (secondary N) is 1. The highest BCUT2D eigenvalue weighted by Crippen LogP contribution is 2.11. The summed E-state index contributed by atoms with van der Waals surface area (Å²) in [5.41, 5.74) is 2.40. The lowest BCUT2D eigenvalue weighted by Gasteiger charge is -2.04. The molecule has 2 rings (SSSR count). The number of aryl methyl sites for hydroxylation is 2. The van der Waals surface area contributed by atoms with Crippen LogP contribution in [0.1, 0.15) is 24.3 Å². The number of rotatable bonds is 4. The molecule has 0 atom stereocenters. The molecule has 4 heteroatoms. The molecule has 0 radical (unpaired) electrons. The van der Waals surface area contributed by atoms with E-state index in [1.165, 1.54) is 5.56 Å². The van der Waals surface area contributed by atoms with Gasteiger partial charge in [0.15, 0.2) is 0 Å². The van der Waals surface area contributed by atoms with E-state index < -0.39 is 0 Å². The second kappa shape index (κ2) is 4.79. The van der Waals surface area contributed by atoms with Gasteiger partial charge in [-0.05, 0) is 24.1 Å². The molecule has 1 aromatic heterocycles. The maximum Gasteiger partial charge on any atom is 0.235 e. The van der Waals surface area contributed by atoms with Crippen LogP contribution in [0.15, 0.2) is 28.7 Å². The molecule has 16 heavy (non-hydrogen) atoms. The lowest BCUT2D eigenvalue weighted by molar-refractivity contribution is 0.475. The van der Waals surface area contributed by atoms with Gasteiger partial charge in [-0.2, -0.15) is 0 Å². The summed E-state index contributed by atoms with van der Waals surface area (Å²) in [6.45, 7) is 4.49. The lowest BCUT2D eigenvalue weighted by atomic mass is 10.1. The van der Waals surface area contributed by atoms with E-state index in [2.05, 4.69) is 46.7 Å². The monoisotopic (exact) mass is 217 g/mol. The summed E-state index contributed by atoms with van der Waals surface area (Å²) >= 11 is 0. The Morgan fingerprint density at radius 2 is 1.94 bits per heavy atom. The van der Waals surface area contributed by atoms with Crippen molar-refractivity contribution in [2.75, 3.05) is 5.32 Å². The van der Waals surface area contributed by atoms with Crippen molar-refractivity contribution in [2.24, 2.45) is 0 Å². The Hall–Kier alpha value is -1.84. The molecule has 1 heterocycles. The minimum atomic E-state index is 0.562. The van der Waals surface area contributed by atoms with Gasteiger partial charge in [-0.3, -0.25) is 0 Å². The van der Waals surface area contributed by atoms with Gasteiger partial charge in [0.2, 0.25) is 11.8 Å². The predicted molar refractivity (Wildman–Crippen MR) is 62.2 cm³/mol. The summed E-state index contributed by atoms with van der Waals surface area (Å²) in [6, 6.07) is 8.34. The van der Waals surface area contributed by atoms with Crippen molar-refractivity contribution in [2.45, 2.75) is 26.8 Å². The number of anilines is 1. The SMILES string of the molecule is CCc1ccc(NCc2nnc(C)o2)cc1. The molecule has 0 aliphatic heterocycles. The smallest absolute Gasteiger partial charge is 0.235 e. The first-order valence-electron chi connectivity index (χ1n) is 5.39. The predicted octanol–water partition coefficient (Wildman–Crippen LogP) is 2.55. The van der Waals surface area contributed by atoms with Crippen LogP contribution in [-0.2, 0) is 13.0 Å². The topological polar surface area (TPSA) is 51.0 Å². The molecule has 0 saturated carbocycles. The van der Waals surface area contributed by atoms with Crippen LogP contribution >= 0.6 is 0 Å². The van der Waals surface area contributed by atoms with E-state index in [-0.39, 0.29) is 0 Å². The first-order chi connectivity index (χ1) is 7.78. The Labute approximate surface area is 94.7 Å². The summed E-state index contributed by atoms with van der Waals surface area (Å²) in [4.78, 5) is 0. The van der Waals surface area contributed by atoms with E-state index in [4.69, 9.17) is 4.42 Å². The molecule has 0 aliphatic carbocycles. The van der Waals surface area contributed by atoms with Crippen LogP contribution in [-0.4, -0.2) is 10.2 Å². The summed E-state index contributed by atoms with van der Waals surface area (Å²) in [5, 5.41) is 10.9. The summed E-state index contributed by atoms with van der Waals surface area (Å²) in [6.07, 6.45) is 1.06. The Morgan fingerprint density at radius 1 is 1.19 bits per heavy atom. The molecule has 0 amide bonds. The third kappa shape index (κ3) is 2.59. The van der Waals surface area contributed by atoms with Crippen molar-refractivity contribution in [1.29, 1.82) is 0 Å². The van der Waals surface area contributed by atoms with Gasteiger partial charge >= 0.3 is 0 Å². The first-order valence-corrected chi connectivity index (χ1v) is 5.39. The van der Waals surface area contributed by atoms with E-state index in [0.717, 1.165) is 12.1 Å². The van der Waals surface area contributed by atoms with Gasteiger partial charge < -0.3 is 9.73 Å². The number of benzene rings is 1. The van der Waals surface area contributed by atoms with E-state index in [1.54, 1.807) is 6.92 Å². The first kappa shape index (κ1) is 10.7. The van der Waals surface area contributed by atoms with Gasteiger partial charge in [-0.15, -0.1) is 10.2 Å². The largest absolute Gasteiger partial charge is 0.424 e. The number of hydrogen-bond donors (Lipinski definition) is 1. The zero-order valence-electron chi connectivity index (χ0n) is 9.53. The molecule has 0 fully saturated rings. The maximum atomic E-state index is 5.27. The van der Waals surface area contributed by atoms with Crippen LogP contribution in [0, 0.1) is 6.92 Å². The van der Waals surface area contributed by atoms with Crippen LogP contribution in [0.4, 0.5) is 5.69 Å². The summed E-state index contributed by atoms with van der Waals surface area (Å²) in [5.74, 6) is 1.20. The normalized spacial score (nSPS) is 10.4. The maximum absolute atomic E-state index is 5.27. The van der Waals surface area contributed by atoms with Crippen LogP contribution in [0.3, 0.4) is 0 Å². The van der Waals surface area contributed by atoms with E-state index >= 15 is 0 Å². The zero-order valence-corrected chi connectivity index (χ0v) is 9.53. The quantitative estimate of drug-likeness (QED) is 0.855.